The number of Topliss-reactive ketones (excluding diaryl/α,β-unsaturated/α-hetero) is 1. The number of hydrogen-bond acceptors (Lipinski definition) is 3. The number of phenols is 1. The molecule has 102 valence electrons. The lowest BCUT2D eigenvalue weighted by Crippen LogP contribution is -2.38. The van der Waals surface area contributed by atoms with Crippen LogP contribution >= 0.6 is 0 Å². The van der Waals surface area contributed by atoms with Crippen LogP contribution in [0.1, 0.15) is 23.2 Å². The normalized spacial score (nSPS) is 15.6. The van der Waals surface area contributed by atoms with Gasteiger partial charge in [-0.3, -0.25) is 9.59 Å². The molecule has 2 aromatic rings. The van der Waals surface area contributed by atoms with Crippen molar-refractivity contribution >= 4 is 22.5 Å². The topological polar surface area (TPSA) is 57.6 Å². The number of nitrogens with zero attached hydrogens (tertiary/aromatic N) is 1. The molecule has 4 heteroatoms. The number of fused-ring (bicyclic) bond motifs is 1. The van der Waals surface area contributed by atoms with Gasteiger partial charge < -0.3 is 10.0 Å². The van der Waals surface area contributed by atoms with Gasteiger partial charge in [-0.15, -0.1) is 0 Å². The number of carbonyl (C=O) groups is 2. The number of aromatic hydroxyl groups is 1. The average molecular weight is 269 g/mol. The Morgan fingerprint density at radius 3 is 2.50 bits per heavy atom. The summed E-state index contributed by atoms with van der Waals surface area (Å²) in [6, 6.07) is 10.9. The molecule has 1 aliphatic heterocycles. The highest BCUT2D eigenvalue weighted by molar-refractivity contribution is 6.04. The van der Waals surface area contributed by atoms with Crippen LogP contribution < -0.4 is 0 Å². The molecule has 0 aliphatic carbocycles. The van der Waals surface area contributed by atoms with Crippen molar-refractivity contribution in [3.63, 3.8) is 0 Å². The lowest BCUT2D eigenvalue weighted by molar-refractivity contribution is -0.120. The third kappa shape index (κ3) is 2.13. The van der Waals surface area contributed by atoms with E-state index in [0.29, 0.717) is 36.9 Å². The molecule has 0 saturated carbocycles. The van der Waals surface area contributed by atoms with Gasteiger partial charge in [0.25, 0.3) is 5.91 Å². The molecule has 3 rings (SSSR count). The zero-order valence-electron chi connectivity index (χ0n) is 11.0. The molecule has 0 unspecified atom stereocenters. The van der Waals surface area contributed by atoms with Crippen molar-refractivity contribution in [1.29, 1.82) is 0 Å². The predicted octanol–water partition coefficient (Wildman–Crippen LogP) is 2.35. The zero-order valence-corrected chi connectivity index (χ0v) is 11.0. The molecule has 1 heterocycles. The lowest BCUT2D eigenvalue weighted by Gasteiger charge is -2.26. The fourth-order valence-electron chi connectivity index (χ4n) is 2.56. The number of benzene rings is 2. The van der Waals surface area contributed by atoms with Crippen LogP contribution in [0.25, 0.3) is 10.8 Å². The predicted molar refractivity (Wildman–Crippen MR) is 75.8 cm³/mol. The van der Waals surface area contributed by atoms with Gasteiger partial charge in [0.15, 0.2) is 0 Å². The van der Waals surface area contributed by atoms with E-state index in [9.17, 15) is 14.7 Å². The van der Waals surface area contributed by atoms with Gasteiger partial charge in [-0.1, -0.05) is 30.3 Å². The van der Waals surface area contributed by atoms with Crippen LogP contribution in [0.5, 0.6) is 5.75 Å². The molecule has 2 aromatic carbocycles. The number of carbonyl (C=O) groups excluding carboxylic acids is 2. The van der Waals surface area contributed by atoms with Crippen molar-refractivity contribution in [2.75, 3.05) is 13.1 Å². The van der Waals surface area contributed by atoms with Gasteiger partial charge in [0.1, 0.15) is 11.5 Å². The summed E-state index contributed by atoms with van der Waals surface area (Å²) in [6.07, 6.45) is 0.806. The van der Waals surface area contributed by atoms with E-state index in [-0.39, 0.29) is 17.4 Å². The maximum atomic E-state index is 12.4. The highest BCUT2D eigenvalue weighted by Crippen LogP contribution is 2.29. The fourth-order valence-corrected chi connectivity index (χ4v) is 2.56. The molecule has 0 bridgehead atoms. The van der Waals surface area contributed by atoms with Gasteiger partial charge in [-0.25, -0.2) is 0 Å². The van der Waals surface area contributed by atoms with Crippen LogP contribution in [0.2, 0.25) is 0 Å². The highest BCUT2D eigenvalue weighted by Gasteiger charge is 2.24. The number of phenolic OH excluding ortho intramolecular Hbond substituents is 1. The Kier molecular flexibility index (Phi) is 3.14. The summed E-state index contributed by atoms with van der Waals surface area (Å²) in [5, 5.41) is 11.9. The van der Waals surface area contributed by atoms with E-state index in [2.05, 4.69) is 0 Å². The van der Waals surface area contributed by atoms with Crippen molar-refractivity contribution in [3.05, 3.63) is 42.0 Å². The summed E-state index contributed by atoms with van der Waals surface area (Å²) >= 11 is 0. The number of piperidine rings is 1. The number of rotatable bonds is 1. The Morgan fingerprint density at radius 1 is 1.05 bits per heavy atom. The molecule has 1 saturated heterocycles. The Hall–Kier alpha value is -2.36. The molecule has 1 amide bonds. The quantitative estimate of drug-likeness (QED) is 0.864. The van der Waals surface area contributed by atoms with Gasteiger partial charge >= 0.3 is 0 Å². The lowest BCUT2D eigenvalue weighted by atomic mass is 10.0. The summed E-state index contributed by atoms with van der Waals surface area (Å²) in [5.41, 5.74) is 0.304. The summed E-state index contributed by atoms with van der Waals surface area (Å²) in [4.78, 5) is 25.3. The van der Waals surface area contributed by atoms with Gasteiger partial charge in [0, 0.05) is 31.3 Å². The molecule has 1 aliphatic rings. The first-order valence-electron chi connectivity index (χ1n) is 6.68. The molecular weight excluding hydrogens is 254 g/mol. The Balaban J connectivity index is 1.95. The minimum Gasteiger partial charge on any atom is -0.506 e. The minimum atomic E-state index is -0.208. The standard InChI is InChI=1S/C16H15NO3/c18-12-7-9-17(10-8-12)16(20)14-6-5-11-3-1-2-4-13(11)15(14)19/h1-6,19H,7-10H2. The summed E-state index contributed by atoms with van der Waals surface area (Å²) in [6.45, 7) is 0.869. The Bertz CT molecular complexity index is 683. The van der Waals surface area contributed by atoms with E-state index in [0.717, 1.165) is 5.39 Å². The van der Waals surface area contributed by atoms with E-state index in [1.165, 1.54) is 0 Å². The second-order valence-corrected chi connectivity index (χ2v) is 5.01. The maximum Gasteiger partial charge on any atom is 0.257 e. The van der Waals surface area contributed by atoms with Crippen molar-refractivity contribution in [1.82, 2.24) is 4.90 Å². The van der Waals surface area contributed by atoms with Crippen molar-refractivity contribution < 1.29 is 14.7 Å². The van der Waals surface area contributed by atoms with Gasteiger partial charge in [-0.2, -0.15) is 0 Å². The third-order valence-electron chi connectivity index (χ3n) is 3.74. The molecule has 1 fully saturated rings. The van der Waals surface area contributed by atoms with E-state index in [1.54, 1.807) is 17.0 Å². The second-order valence-electron chi connectivity index (χ2n) is 5.01. The molecule has 1 N–H and O–H groups in total. The minimum absolute atomic E-state index is 0.0185. The van der Waals surface area contributed by atoms with Gasteiger partial charge in [0.2, 0.25) is 0 Å². The number of amides is 1. The van der Waals surface area contributed by atoms with Crippen LogP contribution in [-0.2, 0) is 4.79 Å². The van der Waals surface area contributed by atoms with Crippen LogP contribution in [0, 0.1) is 0 Å². The molecule has 0 spiro atoms. The largest absolute Gasteiger partial charge is 0.506 e. The van der Waals surface area contributed by atoms with E-state index >= 15 is 0 Å². The first kappa shape index (κ1) is 12.7. The maximum absolute atomic E-state index is 12.4. The average Bonchev–Trinajstić information content (AvgIpc) is 2.48. The molecular formula is C16H15NO3. The monoisotopic (exact) mass is 269 g/mol. The first-order valence-corrected chi connectivity index (χ1v) is 6.68. The number of likely N-dealkylation sites (tertiary alicyclic amines) is 1. The second kappa shape index (κ2) is 4.96. The Labute approximate surface area is 116 Å². The van der Waals surface area contributed by atoms with Gasteiger partial charge in [-0.05, 0) is 11.5 Å². The molecule has 0 atom stereocenters. The molecule has 0 aromatic heterocycles. The van der Waals surface area contributed by atoms with Crippen LogP contribution in [-0.4, -0.2) is 34.8 Å². The fraction of sp³-hybridized carbons (Fsp3) is 0.250. The summed E-state index contributed by atoms with van der Waals surface area (Å²) in [5.74, 6) is 0.00235. The van der Waals surface area contributed by atoms with E-state index in [1.807, 2.05) is 24.3 Å². The molecule has 20 heavy (non-hydrogen) atoms. The van der Waals surface area contributed by atoms with E-state index in [4.69, 9.17) is 0 Å². The first-order chi connectivity index (χ1) is 9.66. The van der Waals surface area contributed by atoms with Crippen LogP contribution in [0.15, 0.2) is 36.4 Å². The third-order valence-corrected chi connectivity index (χ3v) is 3.74. The smallest absolute Gasteiger partial charge is 0.257 e. The summed E-state index contributed by atoms with van der Waals surface area (Å²) in [7, 11) is 0. The highest BCUT2D eigenvalue weighted by atomic mass is 16.3. The van der Waals surface area contributed by atoms with Crippen LogP contribution in [0.4, 0.5) is 0 Å². The van der Waals surface area contributed by atoms with Gasteiger partial charge in [0.05, 0.1) is 5.56 Å². The number of ketones is 1. The number of hydrogen-bond donors (Lipinski definition) is 1. The Morgan fingerprint density at radius 2 is 1.75 bits per heavy atom. The van der Waals surface area contributed by atoms with E-state index < -0.39 is 0 Å². The van der Waals surface area contributed by atoms with Crippen molar-refractivity contribution in [2.45, 2.75) is 12.8 Å². The molecule has 0 radical (unpaired) electrons. The zero-order chi connectivity index (χ0) is 14.1. The van der Waals surface area contributed by atoms with Crippen molar-refractivity contribution in [2.24, 2.45) is 0 Å². The molecule has 4 nitrogen and oxygen atoms in total. The SMILES string of the molecule is O=C1CCN(C(=O)c2ccc3ccccc3c2O)CC1. The van der Waals surface area contributed by atoms with Crippen molar-refractivity contribution in [3.8, 4) is 5.75 Å². The summed E-state index contributed by atoms with van der Waals surface area (Å²) < 4.78 is 0. The van der Waals surface area contributed by atoms with Crippen LogP contribution in [0.3, 0.4) is 0 Å².